The quantitative estimate of drug-likeness (QED) is 0.688. The van der Waals surface area contributed by atoms with Crippen LogP contribution in [0.3, 0.4) is 0 Å². The van der Waals surface area contributed by atoms with E-state index in [-0.39, 0.29) is 17.4 Å². The SMILES string of the molecule is C[C@]12CC[C@@H]3c4ccc(O)cc4C[C@@H](c4ccccc4)[C@H]3[C@@H]1[C@@H](C=S)[C@@H](O)C2. The number of rotatable bonds is 2. The topological polar surface area (TPSA) is 40.5 Å². The van der Waals surface area contributed by atoms with Gasteiger partial charge in [0, 0.05) is 5.92 Å². The number of fused-ring (bicyclic) bond motifs is 5. The third-order valence-electron chi connectivity index (χ3n) is 8.06. The van der Waals surface area contributed by atoms with E-state index in [1.165, 1.54) is 16.7 Å². The van der Waals surface area contributed by atoms with Crippen molar-refractivity contribution < 1.29 is 10.2 Å². The van der Waals surface area contributed by atoms with Crippen LogP contribution in [-0.2, 0) is 6.42 Å². The molecule has 2 N–H and O–H groups in total. The molecule has 0 saturated heterocycles. The lowest BCUT2D eigenvalue weighted by Crippen LogP contribution is -2.45. The van der Waals surface area contributed by atoms with E-state index in [1.807, 2.05) is 17.5 Å². The summed E-state index contributed by atoms with van der Waals surface area (Å²) in [5, 5.41) is 22.8. The molecule has 3 heteroatoms. The number of hydrogen-bond acceptors (Lipinski definition) is 3. The average Bonchev–Trinajstić information content (AvgIpc) is 2.96. The summed E-state index contributed by atoms with van der Waals surface area (Å²) >= 11 is 5.43. The van der Waals surface area contributed by atoms with E-state index in [0.29, 0.717) is 29.4 Å². The van der Waals surface area contributed by atoms with Crippen molar-refractivity contribution >= 4 is 17.6 Å². The molecular weight excluding hydrogens is 364 g/mol. The van der Waals surface area contributed by atoms with Crippen LogP contribution in [0.1, 0.15) is 54.7 Å². The first-order valence-corrected chi connectivity index (χ1v) is 11.0. The average molecular weight is 393 g/mol. The van der Waals surface area contributed by atoms with Crippen molar-refractivity contribution in [1.29, 1.82) is 0 Å². The predicted octanol–water partition coefficient (Wildman–Crippen LogP) is 5.23. The fourth-order valence-electron chi connectivity index (χ4n) is 6.98. The molecule has 2 aromatic carbocycles. The Kier molecular flexibility index (Phi) is 4.37. The Morgan fingerprint density at radius 1 is 1.11 bits per heavy atom. The van der Waals surface area contributed by atoms with Gasteiger partial charge in [0.1, 0.15) is 5.75 Å². The Morgan fingerprint density at radius 3 is 2.64 bits per heavy atom. The van der Waals surface area contributed by atoms with E-state index in [9.17, 15) is 10.2 Å². The first-order valence-electron chi connectivity index (χ1n) is 10.5. The fourth-order valence-corrected chi connectivity index (χ4v) is 7.34. The van der Waals surface area contributed by atoms with Crippen LogP contribution in [0.15, 0.2) is 48.5 Å². The molecule has 2 nitrogen and oxygen atoms in total. The minimum atomic E-state index is -0.316. The number of benzene rings is 2. The van der Waals surface area contributed by atoms with Crippen LogP contribution in [0, 0.1) is 23.2 Å². The number of hydrogen-bond donors (Lipinski definition) is 2. The summed E-state index contributed by atoms with van der Waals surface area (Å²) in [6, 6.07) is 16.8. The van der Waals surface area contributed by atoms with Crippen molar-refractivity contribution in [2.75, 3.05) is 0 Å². The molecule has 0 unspecified atom stereocenters. The lowest BCUT2D eigenvalue weighted by molar-refractivity contribution is 0.0362. The summed E-state index contributed by atoms with van der Waals surface area (Å²) in [6.07, 6.45) is 3.78. The third kappa shape index (κ3) is 2.67. The Labute approximate surface area is 172 Å². The number of thiocarbonyl (C=S) groups is 1. The second-order valence-electron chi connectivity index (χ2n) is 9.49. The number of phenols is 1. The van der Waals surface area contributed by atoms with Gasteiger partial charge in [0.05, 0.1) is 6.10 Å². The van der Waals surface area contributed by atoms with Crippen LogP contribution in [0.4, 0.5) is 0 Å². The van der Waals surface area contributed by atoms with Crippen molar-refractivity contribution in [3.63, 3.8) is 0 Å². The van der Waals surface area contributed by atoms with Gasteiger partial charge in [0.15, 0.2) is 0 Å². The highest BCUT2D eigenvalue weighted by Crippen LogP contribution is 2.65. The smallest absolute Gasteiger partial charge is 0.115 e. The summed E-state index contributed by atoms with van der Waals surface area (Å²) in [6.45, 7) is 2.38. The maximum atomic E-state index is 10.8. The van der Waals surface area contributed by atoms with Gasteiger partial charge in [-0.25, -0.2) is 0 Å². The molecule has 7 atom stereocenters. The number of aromatic hydroxyl groups is 1. The fraction of sp³-hybridized carbons (Fsp3) is 0.480. The zero-order chi connectivity index (χ0) is 19.5. The zero-order valence-electron chi connectivity index (χ0n) is 16.3. The molecule has 0 amide bonds. The second kappa shape index (κ2) is 6.67. The Hall–Kier alpha value is -1.71. The molecule has 0 bridgehead atoms. The lowest BCUT2D eigenvalue weighted by Gasteiger charge is -2.53. The molecule has 2 fully saturated rings. The van der Waals surface area contributed by atoms with Gasteiger partial charge in [0.25, 0.3) is 0 Å². The molecule has 28 heavy (non-hydrogen) atoms. The summed E-state index contributed by atoms with van der Waals surface area (Å²) in [7, 11) is 0. The zero-order valence-corrected chi connectivity index (χ0v) is 17.1. The summed E-state index contributed by atoms with van der Waals surface area (Å²) in [5.74, 6) is 2.20. The van der Waals surface area contributed by atoms with Gasteiger partial charge in [0.2, 0.25) is 0 Å². The van der Waals surface area contributed by atoms with Crippen LogP contribution in [0.5, 0.6) is 5.75 Å². The van der Waals surface area contributed by atoms with Crippen molar-refractivity contribution in [2.24, 2.45) is 23.2 Å². The van der Waals surface area contributed by atoms with Crippen molar-refractivity contribution in [3.05, 3.63) is 65.2 Å². The van der Waals surface area contributed by atoms with Gasteiger partial charge < -0.3 is 10.2 Å². The highest BCUT2D eigenvalue weighted by Gasteiger charge is 2.59. The molecule has 0 aliphatic heterocycles. The molecule has 5 rings (SSSR count). The summed E-state index contributed by atoms with van der Waals surface area (Å²) in [4.78, 5) is 0. The largest absolute Gasteiger partial charge is 0.508 e. The van der Waals surface area contributed by atoms with Crippen LogP contribution in [0.2, 0.25) is 0 Å². The Morgan fingerprint density at radius 2 is 1.89 bits per heavy atom. The van der Waals surface area contributed by atoms with Gasteiger partial charge >= 0.3 is 0 Å². The highest BCUT2D eigenvalue weighted by atomic mass is 32.1. The normalized spacial score (nSPS) is 38.9. The Bertz CT molecular complexity index is 895. The monoisotopic (exact) mass is 392 g/mol. The maximum absolute atomic E-state index is 10.8. The molecule has 146 valence electrons. The van der Waals surface area contributed by atoms with E-state index in [1.54, 1.807) is 0 Å². The number of phenolic OH excluding ortho intramolecular Hbond substituents is 1. The molecular formula is C25H28O2S. The van der Waals surface area contributed by atoms with Gasteiger partial charge in [-0.2, -0.15) is 0 Å². The van der Waals surface area contributed by atoms with Gasteiger partial charge in [-0.15, -0.1) is 0 Å². The van der Waals surface area contributed by atoms with Gasteiger partial charge in [-0.05, 0) is 89.0 Å². The van der Waals surface area contributed by atoms with Crippen LogP contribution in [-0.4, -0.2) is 21.7 Å². The molecule has 0 aromatic heterocycles. The first kappa shape index (κ1) is 18.3. The summed E-state index contributed by atoms with van der Waals surface area (Å²) < 4.78 is 0. The molecule has 2 saturated carbocycles. The number of aliphatic hydroxyl groups is 1. The lowest BCUT2D eigenvalue weighted by atomic mass is 9.51. The number of aliphatic hydroxyl groups excluding tert-OH is 1. The minimum absolute atomic E-state index is 0.0951. The van der Waals surface area contributed by atoms with Gasteiger partial charge in [-0.3, -0.25) is 0 Å². The third-order valence-corrected chi connectivity index (χ3v) is 8.37. The van der Waals surface area contributed by atoms with E-state index >= 15 is 0 Å². The highest BCUT2D eigenvalue weighted by molar-refractivity contribution is 7.79. The standard InChI is InChI=1S/C25H28O2S/c1-25-10-9-19-18-8-7-17(26)11-16(18)12-20(15-5-3-2-4-6-15)23(19)24(25)21(14-28)22(27)13-25/h2-8,11,14,19-24,26-27H,9-10,12-13H2,1H3/t19-,20+,21+,22+,23+,24+,25-/m1/s1. The Balaban J connectivity index is 1.68. The molecule has 0 heterocycles. The van der Waals surface area contributed by atoms with Gasteiger partial charge in [-0.1, -0.05) is 55.5 Å². The molecule has 3 aliphatic rings. The van der Waals surface area contributed by atoms with Crippen molar-refractivity contribution in [3.8, 4) is 5.75 Å². The van der Waals surface area contributed by atoms with Crippen molar-refractivity contribution in [2.45, 2.75) is 50.5 Å². The molecule has 0 radical (unpaired) electrons. The first-order chi connectivity index (χ1) is 13.5. The predicted molar refractivity (Wildman–Crippen MR) is 116 cm³/mol. The van der Waals surface area contributed by atoms with E-state index in [2.05, 4.69) is 43.3 Å². The summed E-state index contributed by atoms with van der Waals surface area (Å²) in [5.41, 5.74) is 4.22. The van der Waals surface area contributed by atoms with Crippen LogP contribution in [0.25, 0.3) is 0 Å². The molecule has 0 spiro atoms. The van der Waals surface area contributed by atoms with Crippen LogP contribution >= 0.6 is 12.2 Å². The maximum Gasteiger partial charge on any atom is 0.115 e. The van der Waals surface area contributed by atoms with E-state index in [0.717, 1.165) is 25.7 Å². The second-order valence-corrected chi connectivity index (χ2v) is 9.76. The van der Waals surface area contributed by atoms with Crippen LogP contribution < -0.4 is 0 Å². The van der Waals surface area contributed by atoms with E-state index < -0.39 is 0 Å². The van der Waals surface area contributed by atoms with E-state index in [4.69, 9.17) is 12.2 Å². The minimum Gasteiger partial charge on any atom is -0.508 e. The molecule has 2 aromatic rings. The van der Waals surface area contributed by atoms with Crippen molar-refractivity contribution in [1.82, 2.24) is 0 Å². The molecule has 3 aliphatic carbocycles.